The van der Waals surface area contributed by atoms with Crippen LogP contribution in [-0.2, 0) is 6.54 Å². The van der Waals surface area contributed by atoms with Gasteiger partial charge in [0, 0.05) is 43.3 Å². The second-order valence-corrected chi connectivity index (χ2v) is 11.0. The number of hydrogen-bond donors (Lipinski definition) is 1. The zero-order chi connectivity index (χ0) is 26.8. The summed E-state index contributed by atoms with van der Waals surface area (Å²) in [6.45, 7) is 6.29. The normalized spacial score (nSPS) is 18.4. The van der Waals surface area contributed by atoms with Gasteiger partial charge in [0.05, 0.1) is 13.7 Å². The number of tetrazole rings is 1. The predicted octanol–water partition coefficient (Wildman–Crippen LogP) is 3.92. The van der Waals surface area contributed by atoms with E-state index in [-0.39, 0.29) is 11.6 Å². The van der Waals surface area contributed by atoms with E-state index in [0.29, 0.717) is 24.0 Å². The van der Waals surface area contributed by atoms with E-state index in [0.717, 1.165) is 54.0 Å². The largest absolute Gasteiger partial charge is 0.497 e. The Morgan fingerprint density at radius 3 is 2.51 bits per heavy atom. The average molecular weight is 528 g/mol. The Balaban J connectivity index is 1.35. The van der Waals surface area contributed by atoms with Gasteiger partial charge in [-0.2, -0.15) is 0 Å². The van der Waals surface area contributed by atoms with Crippen LogP contribution in [0, 0.1) is 6.92 Å². The number of pyridine rings is 1. The van der Waals surface area contributed by atoms with Gasteiger partial charge >= 0.3 is 0 Å². The quantitative estimate of drug-likeness (QED) is 0.389. The van der Waals surface area contributed by atoms with Crippen molar-refractivity contribution in [1.29, 1.82) is 0 Å². The van der Waals surface area contributed by atoms with Gasteiger partial charge in [-0.25, -0.2) is 4.68 Å². The van der Waals surface area contributed by atoms with E-state index in [1.807, 2.05) is 47.1 Å². The van der Waals surface area contributed by atoms with Crippen molar-refractivity contribution in [2.75, 3.05) is 33.3 Å². The van der Waals surface area contributed by atoms with Gasteiger partial charge in [0.15, 0.2) is 5.82 Å². The minimum atomic E-state index is -0.347. The molecule has 204 valence electrons. The van der Waals surface area contributed by atoms with Crippen LogP contribution < -0.4 is 10.3 Å². The van der Waals surface area contributed by atoms with Gasteiger partial charge < -0.3 is 9.72 Å². The van der Waals surface area contributed by atoms with Crippen molar-refractivity contribution >= 4 is 10.9 Å². The Kier molecular flexibility index (Phi) is 7.43. The molecule has 6 rings (SSSR count). The fourth-order valence-corrected chi connectivity index (χ4v) is 6.28. The van der Waals surface area contributed by atoms with Crippen LogP contribution in [-0.4, -0.2) is 74.3 Å². The van der Waals surface area contributed by atoms with Gasteiger partial charge in [-0.15, -0.1) is 5.10 Å². The molecule has 2 aromatic carbocycles. The highest BCUT2D eigenvalue weighted by molar-refractivity contribution is 5.79. The summed E-state index contributed by atoms with van der Waals surface area (Å²) in [4.78, 5) is 21.7. The Bertz CT molecular complexity index is 1460. The molecule has 2 fully saturated rings. The monoisotopic (exact) mass is 527 g/mol. The number of ether oxygens (including phenoxy) is 1. The van der Waals surface area contributed by atoms with Gasteiger partial charge in [0.25, 0.3) is 5.56 Å². The Hall–Kier alpha value is -3.56. The van der Waals surface area contributed by atoms with Crippen LogP contribution in [0.1, 0.15) is 60.7 Å². The van der Waals surface area contributed by atoms with E-state index >= 15 is 0 Å². The molecule has 3 heterocycles. The summed E-state index contributed by atoms with van der Waals surface area (Å²) >= 11 is 0. The lowest BCUT2D eigenvalue weighted by molar-refractivity contribution is 0.0618. The Labute approximate surface area is 228 Å². The van der Waals surface area contributed by atoms with Crippen molar-refractivity contribution in [3.8, 4) is 5.75 Å². The van der Waals surface area contributed by atoms with E-state index < -0.39 is 0 Å². The van der Waals surface area contributed by atoms with E-state index in [4.69, 9.17) is 4.74 Å². The Morgan fingerprint density at radius 2 is 1.77 bits per heavy atom. The summed E-state index contributed by atoms with van der Waals surface area (Å²) in [6, 6.07) is 16.4. The van der Waals surface area contributed by atoms with Crippen molar-refractivity contribution in [2.45, 2.75) is 57.7 Å². The number of piperazine rings is 1. The maximum absolute atomic E-state index is 13.6. The van der Waals surface area contributed by atoms with Gasteiger partial charge in [-0.3, -0.25) is 14.6 Å². The standard InChI is InChI=1S/C30H37N7O2/c1-21-8-13-27-23(18-21)19-26(30(38)31-27)28(36-16-14-35(15-17-36)24-6-4-3-5-7-24)29-32-33-34-37(29)20-22-9-11-25(39-2)12-10-22/h8-13,18-19,24,28H,3-7,14-17,20H2,1-2H3,(H,31,38)/t28-/m0/s1. The smallest absolute Gasteiger partial charge is 0.253 e. The van der Waals surface area contributed by atoms with Crippen molar-refractivity contribution in [2.24, 2.45) is 0 Å². The molecule has 9 nitrogen and oxygen atoms in total. The average Bonchev–Trinajstić information content (AvgIpc) is 3.42. The fourth-order valence-electron chi connectivity index (χ4n) is 6.28. The molecule has 2 aromatic heterocycles. The molecule has 39 heavy (non-hydrogen) atoms. The number of aryl methyl sites for hydroxylation is 1. The summed E-state index contributed by atoms with van der Waals surface area (Å²) in [5.41, 5.74) is 3.65. The number of fused-ring (bicyclic) bond motifs is 1. The SMILES string of the molecule is COc1ccc(Cn2nnnc2[C@H](c2cc3cc(C)ccc3[nH]c2=O)N2CCN(C3CCCCC3)CC2)cc1. The summed E-state index contributed by atoms with van der Waals surface area (Å²) in [5.74, 6) is 1.50. The van der Waals surface area contributed by atoms with Gasteiger partial charge in [0.2, 0.25) is 0 Å². The number of aromatic amines is 1. The van der Waals surface area contributed by atoms with Crippen molar-refractivity contribution in [3.63, 3.8) is 0 Å². The number of aromatic nitrogens is 5. The molecule has 0 radical (unpaired) electrons. The molecule has 0 spiro atoms. The van der Waals surface area contributed by atoms with Crippen LogP contribution in [0.2, 0.25) is 0 Å². The third-order valence-electron chi connectivity index (χ3n) is 8.42. The first-order valence-corrected chi connectivity index (χ1v) is 14.1. The minimum Gasteiger partial charge on any atom is -0.497 e. The lowest BCUT2D eigenvalue weighted by Gasteiger charge is -2.43. The topological polar surface area (TPSA) is 92.2 Å². The third kappa shape index (κ3) is 5.46. The van der Waals surface area contributed by atoms with E-state index in [2.05, 4.69) is 43.3 Å². The molecule has 1 saturated carbocycles. The van der Waals surface area contributed by atoms with Crippen molar-refractivity contribution < 1.29 is 4.74 Å². The summed E-state index contributed by atoms with van der Waals surface area (Å²) < 4.78 is 7.15. The fraction of sp³-hybridized carbons (Fsp3) is 0.467. The van der Waals surface area contributed by atoms with Crippen LogP contribution >= 0.6 is 0 Å². The highest BCUT2D eigenvalue weighted by Gasteiger charge is 2.34. The number of hydrogen-bond acceptors (Lipinski definition) is 7. The first-order chi connectivity index (χ1) is 19.1. The number of rotatable bonds is 7. The molecule has 1 saturated heterocycles. The van der Waals surface area contributed by atoms with Crippen LogP contribution in [0.25, 0.3) is 10.9 Å². The molecule has 2 aliphatic rings. The first-order valence-electron chi connectivity index (χ1n) is 14.1. The lowest BCUT2D eigenvalue weighted by atomic mass is 9.93. The molecule has 0 unspecified atom stereocenters. The predicted molar refractivity (Wildman–Crippen MR) is 151 cm³/mol. The van der Waals surface area contributed by atoms with Gasteiger partial charge in [0.1, 0.15) is 11.8 Å². The second-order valence-electron chi connectivity index (χ2n) is 11.0. The molecule has 0 bridgehead atoms. The molecule has 1 N–H and O–H groups in total. The number of H-pyrrole nitrogens is 1. The molecule has 0 amide bonds. The van der Waals surface area contributed by atoms with Gasteiger partial charge in [-0.05, 0) is 71.5 Å². The van der Waals surface area contributed by atoms with Crippen LogP contribution in [0.3, 0.4) is 0 Å². The summed E-state index contributed by atoms with van der Waals surface area (Å²) in [6.07, 6.45) is 6.62. The van der Waals surface area contributed by atoms with Crippen LogP contribution in [0.4, 0.5) is 0 Å². The maximum Gasteiger partial charge on any atom is 0.253 e. The zero-order valence-corrected chi connectivity index (χ0v) is 22.8. The third-order valence-corrected chi connectivity index (χ3v) is 8.42. The molecule has 4 aromatic rings. The van der Waals surface area contributed by atoms with Crippen LogP contribution in [0.5, 0.6) is 5.75 Å². The second kappa shape index (κ2) is 11.3. The molecule has 1 atom stereocenters. The number of nitrogens with zero attached hydrogens (tertiary/aromatic N) is 6. The van der Waals surface area contributed by atoms with Crippen molar-refractivity contribution in [3.05, 3.63) is 81.4 Å². The van der Waals surface area contributed by atoms with E-state index in [1.54, 1.807) is 7.11 Å². The lowest BCUT2D eigenvalue weighted by Crippen LogP contribution is -2.52. The molecular weight excluding hydrogens is 490 g/mol. The molecular formula is C30H37N7O2. The minimum absolute atomic E-state index is 0.0925. The number of benzene rings is 2. The van der Waals surface area contributed by atoms with Crippen molar-refractivity contribution in [1.82, 2.24) is 35.0 Å². The summed E-state index contributed by atoms with van der Waals surface area (Å²) in [7, 11) is 1.66. The highest BCUT2D eigenvalue weighted by Crippen LogP contribution is 2.30. The molecule has 9 heteroatoms. The maximum atomic E-state index is 13.6. The first kappa shape index (κ1) is 25.7. The number of methoxy groups -OCH3 is 1. The number of nitrogens with one attached hydrogen (secondary N) is 1. The highest BCUT2D eigenvalue weighted by atomic mass is 16.5. The summed E-state index contributed by atoms with van der Waals surface area (Å²) in [5, 5.41) is 14.0. The Morgan fingerprint density at radius 1 is 1.00 bits per heavy atom. The molecule has 1 aliphatic heterocycles. The zero-order valence-electron chi connectivity index (χ0n) is 22.8. The van der Waals surface area contributed by atoms with Crippen LogP contribution in [0.15, 0.2) is 53.3 Å². The van der Waals surface area contributed by atoms with Gasteiger partial charge in [-0.1, -0.05) is 43.0 Å². The van der Waals surface area contributed by atoms with E-state index in [1.165, 1.54) is 32.1 Å². The molecule has 1 aliphatic carbocycles. The van der Waals surface area contributed by atoms with E-state index in [9.17, 15) is 4.79 Å².